The molecule has 1 aliphatic heterocycles. The smallest absolute Gasteiger partial charge is 0.333 e. The van der Waals surface area contributed by atoms with Crippen LogP contribution in [0.1, 0.15) is 6.42 Å². The Morgan fingerprint density at radius 3 is 2.11 bits per heavy atom. The Morgan fingerprint density at radius 1 is 0.703 bits per heavy atom. The number of hydrogen-bond acceptors (Lipinski definition) is 5. The van der Waals surface area contributed by atoms with E-state index in [0.717, 1.165) is 37.6 Å². The summed E-state index contributed by atoms with van der Waals surface area (Å²) in [6, 6.07) is 28.6. The van der Waals surface area contributed by atoms with Crippen molar-refractivity contribution < 1.29 is 14.4 Å². The van der Waals surface area contributed by atoms with Gasteiger partial charge in [0.1, 0.15) is 6.54 Å². The van der Waals surface area contributed by atoms with Crippen LogP contribution in [0.4, 0.5) is 21.9 Å². The van der Waals surface area contributed by atoms with Gasteiger partial charge in [-0.1, -0.05) is 72.4 Å². The lowest BCUT2D eigenvalue weighted by Crippen LogP contribution is -2.50. The lowest BCUT2D eigenvalue weighted by molar-refractivity contribution is -0.120. The molecule has 0 aliphatic carbocycles. The maximum absolute atomic E-state index is 12.7. The van der Waals surface area contributed by atoms with Crippen LogP contribution in [0, 0.1) is 0 Å². The van der Waals surface area contributed by atoms with Crippen molar-refractivity contribution in [2.75, 3.05) is 23.3 Å². The maximum Gasteiger partial charge on any atom is 0.333 e. The molecule has 1 heterocycles. The highest BCUT2D eigenvalue weighted by Crippen LogP contribution is 2.47. The molecule has 0 saturated carbocycles. The summed E-state index contributed by atoms with van der Waals surface area (Å²) in [5, 5.41) is 7.45. The second kappa shape index (κ2) is 11.0. The predicted octanol–water partition coefficient (Wildman–Crippen LogP) is 4.80. The zero-order valence-electron chi connectivity index (χ0n) is 19.9. The fourth-order valence-corrected chi connectivity index (χ4v) is 5.24. The van der Waals surface area contributed by atoms with Gasteiger partial charge in [-0.2, -0.15) is 0 Å². The number of nitrogens with one attached hydrogen (secondary N) is 4. The summed E-state index contributed by atoms with van der Waals surface area (Å²) in [5.74, 6) is -0.596. The molecule has 0 unspecified atom stereocenters. The second-order valence-corrected chi connectivity index (χ2v) is 9.46. The largest absolute Gasteiger partial charge is 0.336 e. The minimum atomic E-state index is -0.596. The SMILES string of the molecule is O=C(CN1c2ccccc2Sc2ccccc21)NNC(=O)NCCC(=O)Nc1cccc2ccccc12. The molecule has 4 amide bonds. The summed E-state index contributed by atoms with van der Waals surface area (Å²) in [5.41, 5.74) is 7.38. The van der Waals surface area contributed by atoms with Gasteiger partial charge < -0.3 is 15.5 Å². The molecule has 0 bridgehead atoms. The third-order valence-corrected chi connectivity index (χ3v) is 6.98. The molecule has 8 nitrogen and oxygen atoms in total. The molecular weight excluding hydrogens is 486 g/mol. The molecule has 0 saturated heterocycles. The average molecular weight is 512 g/mol. The van der Waals surface area contributed by atoms with Crippen molar-refractivity contribution in [3.63, 3.8) is 0 Å². The monoisotopic (exact) mass is 511 g/mol. The van der Waals surface area contributed by atoms with Gasteiger partial charge in [-0.25, -0.2) is 10.2 Å². The van der Waals surface area contributed by atoms with Crippen LogP contribution < -0.4 is 26.4 Å². The number of carbonyl (C=O) groups excluding carboxylic acids is 3. The van der Waals surface area contributed by atoms with Crippen molar-refractivity contribution in [2.24, 2.45) is 0 Å². The van der Waals surface area contributed by atoms with E-state index in [4.69, 9.17) is 0 Å². The van der Waals surface area contributed by atoms with Crippen molar-refractivity contribution in [1.82, 2.24) is 16.2 Å². The van der Waals surface area contributed by atoms with E-state index in [9.17, 15) is 14.4 Å². The highest BCUT2D eigenvalue weighted by Gasteiger charge is 2.24. The normalized spacial score (nSPS) is 11.7. The van der Waals surface area contributed by atoms with Gasteiger partial charge in [-0.15, -0.1) is 0 Å². The molecule has 186 valence electrons. The van der Waals surface area contributed by atoms with Crippen LogP contribution in [0.2, 0.25) is 0 Å². The number of hydrogen-bond donors (Lipinski definition) is 4. The summed E-state index contributed by atoms with van der Waals surface area (Å²) in [6.45, 7) is 0.144. The summed E-state index contributed by atoms with van der Waals surface area (Å²) in [4.78, 5) is 41.2. The predicted molar refractivity (Wildman–Crippen MR) is 146 cm³/mol. The minimum absolute atomic E-state index is 0.0301. The van der Waals surface area contributed by atoms with E-state index in [1.54, 1.807) is 11.8 Å². The lowest BCUT2D eigenvalue weighted by atomic mass is 10.1. The molecule has 0 fully saturated rings. The molecule has 4 aromatic carbocycles. The third-order valence-electron chi connectivity index (χ3n) is 5.85. The molecule has 4 aromatic rings. The van der Waals surface area contributed by atoms with E-state index in [2.05, 4.69) is 21.5 Å². The number of benzene rings is 4. The van der Waals surface area contributed by atoms with E-state index in [1.165, 1.54) is 0 Å². The highest BCUT2D eigenvalue weighted by molar-refractivity contribution is 7.99. The van der Waals surface area contributed by atoms with Crippen LogP contribution in [0.25, 0.3) is 10.8 Å². The van der Waals surface area contributed by atoms with Gasteiger partial charge in [0.05, 0.1) is 11.4 Å². The van der Waals surface area contributed by atoms with Crippen LogP contribution in [0.5, 0.6) is 0 Å². The highest BCUT2D eigenvalue weighted by atomic mass is 32.2. The molecule has 4 N–H and O–H groups in total. The van der Waals surface area contributed by atoms with Crippen molar-refractivity contribution >= 4 is 57.4 Å². The fraction of sp³-hybridized carbons (Fsp3) is 0.107. The number of anilines is 3. The molecule has 0 radical (unpaired) electrons. The van der Waals surface area contributed by atoms with Crippen LogP contribution in [-0.4, -0.2) is 30.9 Å². The fourth-order valence-electron chi connectivity index (χ4n) is 4.14. The van der Waals surface area contributed by atoms with E-state index < -0.39 is 6.03 Å². The summed E-state index contributed by atoms with van der Waals surface area (Å²) in [7, 11) is 0. The Hall–Kier alpha value is -4.50. The molecule has 37 heavy (non-hydrogen) atoms. The summed E-state index contributed by atoms with van der Waals surface area (Å²) >= 11 is 1.66. The van der Waals surface area contributed by atoms with E-state index in [1.807, 2.05) is 95.9 Å². The van der Waals surface area contributed by atoms with Crippen molar-refractivity contribution in [2.45, 2.75) is 16.2 Å². The Kier molecular flexibility index (Phi) is 7.23. The Balaban J connectivity index is 1.09. The Labute approximate surface area is 218 Å². The molecular formula is C28H25N5O3S. The summed E-state index contributed by atoms with van der Waals surface area (Å²) < 4.78 is 0. The van der Waals surface area contributed by atoms with E-state index in [0.29, 0.717) is 0 Å². The van der Waals surface area contributed by atoms with Crippen LogP contribution >= 0.6 is 11.8 Å². The first kappa shape index (κ1) is 24.2. The Bertz CT molecular complexity index is 1420. The molecule has 0 aromatic heterocycles. The number of nitrogens with zero attached hydrogens (tertiary/aromatic N) is 1. The van der Waals surface area contributed by atoms with E-state index in [-0.39, 0.29) is 31.3 Å². The number of urea groups is 1. The van der Waals surface area contributed by atoms with Crippen molar-refractivity contribution in [3.8, 4) is 0 Å². The van der Waals surface area contributed by atoms with Gasteiger partial charge in [0.25, 0.3) is 5.91 Å². The van der Waals surface area contributed by atoms with Gasteiger partial charge in [0.15, 0.2) is 0 Å². The van der Waals surface area contributed by atoms with Crippen molar-refractivity contribution in [3.05, 3.63) is 91.0 Å². The quantitative estimate of drug-likeness (QED) is 0.279. The molecule has 0 spiro atoms. The third kappa shape index (κ3) is 5.68. The number of amides is 4. The standard InChI is InChI=1S/C28H25N5O3S/c34-26(30-21-11-7-9-19-8-1-2-10-20(19)21)16-17-29-28(36)32-31-27(35)18-33-22-12-3-5-14-24(22)37-25-15-6-4-13-23(25)33/h1-15H,16-18H2,(H,30,34)(H,31,35)(H2,29,32,36). The van der Waals surface area contributed by atoms with Gasteiger partial charge in [-0.05, 0) is 35.7 Å². The number of fused-ring (bicyclic) bond motifs is 3. The van der Waals surface area contributed by atoms with Crippen molar-refractivity contribution in [1.29, 1.82) is 0 Å². The zero-order valence-corrected chi connectivity index (χ0v) is 20.7. The number of carbonyl (C=O) groups is 3. The van der Waals surface area contributed by atoms with Crippen LogP contribution in [-0.2, 0) is 9.59 Å². The van der Waals surface area contributed by atoms with Gasteiger partial charge in [0.2, 0.25) is 5.91 Å². The first-order chi connectivity index (χ1) is 18.1. The van der Waals surface area contributed by atoms with Crippen LogP contribution in [0.15, 0.2) is 101 Å². The zero-order chi connectivity index (χ0) is 25.6. The topological polar surface area (TPSA) is 103 Å². The number of hydrazine groups is 1. The van der Waals surface area contributed by atoms with Gasteiger partial charge in [0, 0.05) is 33.8 Å². The molecule has 9 heteroatoms. The first-order valence-electron chi connectivity index (χ1n) is 11.8. The maximum atomic E-state index is 12.7. The molecule has 5 rings (SSSR count). The number of para-hydroxylation sites is 2. The van der Waals surface area contributed by atoms with Gasteiger partial charge >= 0.3 is 6.03 Å². The average Bonchev–Trinajstić information content (AvgIpc) is 2.92. The minimum Gasteiger partial charge on any atom is -0.336 e. The Morgan fingerprint density at radius 2 is 1.35 bits per heavy atom. The lowest BCUT2D eigenvalue weighted by Gasteiger charge is -2.32. The van der Waals surface area contributed by atoms with Gasteiger partial charge in [-0.3, -0.25) is 15.0 Å². The molecule has 1 aliphatic rings. The van der Waals surface area contributed by atoms with E-state index >= 15 is 0 Å². The second-order valence-electron chi connectivity index (χ2n) is 8.38. The molecule has 0 atom stereocenters. The first-order valence-corrected chi connectivity index (χ1v) is 12.6. The number of rotatable bonds is 6. The van der Waals surface area contributed by atoms with Crippen LogP contribution in [0.3, 0.4) is 0 Å². The summed E-state index contributed by atoms with van der Waals surface area (Å²) in [6.07, 6.45) is 0.0869.